The van der Waals surface area contributed by atoms with Crippen molar-refractivity contribution < 1.29 is 19.1 Å². The van der Waals surface area contributed by atoms with E-state index in [2.05, 4.69) is 11.9 Å². The number of carbonyl (C=O) groups is 2. The Hall–Kier alpha value is -4.29. The van der Waals surface area contributed by atoms with Crippen LogP contribution in [0.1, 0.15) is 20.9 Å². The average molecular weight is 533 g/mol. The van der Waals surface area contributed by atoms with E-state index in [4.69, 9.17) is 14.7 Å². The van der Waals surface area contributed by atoms with Gasteiger partial charge in [0.2, 0.25) is 5.91 Å². The third-order valence-corrected chi connectivity index (χ3v) is 6.83. The molecule has 9 heteroatoms. The molecule has 3 rings (SSSR count). The van der Waals surface area contributed by atoms with Crippen LogP contribution in [0.15, 0.2) is 67.3 Å². The van der Waals surface area contributed by atoms with Crippen LogP contribution in [-0.2, 0) is 17.8 Å². The number of carbonyl (C=O) groups excluding carboxylic acids is 2. The van der Waals surface area contributed by atoms with E-state index >= 15 is 0 Å². The van der Waals surface area contributed by atoms with E-state index in [0.29, 0.717) is 42.3 Å². The second kappa shape index (κ2) is 13.9. The summed E-state index contributed by atoms with van der Waals surface area (Å²) in [5.41, 5.74) is 2.04. The number of amides is 3. The molecule has 0 aliphatic carbocycles. The normalized spacial score (nSPS) is 10.3. The second-order valence-electron chi connectivity index (χ2n) is 8.56. The third kappa shape index (κ3) is 7.85. The van der Waals surface area contributed by atoms with Crippen molar-refractivity contribution in [3.8, 4) is 17.6 Å². The molecular weight excluding hydrogens is 500 g/mol. The SMILES string of the molecule is C=CCN(CC(=O)N(CCc1ccc(OC)c(OC)c1)Cc1ccc(C)s1)C(=O)Nc1ccc(C#N)cc1. The molecule has 198 valence electrons. The predicted molar refractivity (Wildman–Crippen MR) is 150 cm³/mol. The van der Waals surface area contributed by atoms with Crippen LogP contribution in [0.25, 0.3) is 0 Å². The maximum Gasteiger partial charge on any atom is 0.322 e. The van der Waals surface area contributed by atoms with Gasteiger partial charge in [0.1, 0.15) is 6.54 Å². The van der Waals surface area contributed by atoms with Crippen LogP contribution in [0.2, 0.25) is 0 Å². The summed E-state index contributed by atoms with van der Waals surface area (Å²) in [6, 6.07) is 17.9. The molecular formula is C29H32N4O4S. The number of urea groups is 1. The summed E-state index contributed by atoms with van der Waals surface area (Å²) in [6.45, 7) is 6.78. The first-order valence-electron chi connectivity index (χ1n) is 12.1. The smallest absolute Gasteiger partial charge is 0.322 e. The van der Waals surface area contributed by atoms with Crippen LogP contribution in [0.5, 0.6) is 11.5 Å². The van der Waals surface area contributed by atoms with Crippen molar-refractivity contribution in [3.05, 3.63) is 88.1 Å². The number of nitriles is 1. The minimum atomic E-state index is -0.422. The molecule has 1 aromatic heterocycles. The number of nitrogens with one attached hydrogen (secondary N) is 1. The van der Waals surface area contributed by atoms with Crippen molar-refractivity contribution in [1.82, 2.24) is 9.80 Å². The van der Waals surface area contributed by atoms with Crippen molar-refractivity contribution in [2.24, 2.45) is 0 Å². The molecule has 0 aliphatic rings. The first-order chi connectivity index (χ1) is 18.4. The molecule has 0 saturated heterocycles. The van der Waals surface area contributed by atoms with Crippen LogP contribution >= 0.6 is 11.3 Å². The van der Waals surface area contributed by atoms with Gasteiger partial charge in [0.25, 0.3) is 0 Å². The summed E-state index contributed by atoms with van der Waals surface area (Å²) in [7, 11) is 3.18. The van der Waals surface area contributed by atoms with Gasteiger partial charge in [-0.1, -0.05) is 12.1 Å². The number of hydrogen-bond donors (Lipinski definition) is 1. The Kier molecular flexibility index (Phi) is 10.3. The number of nitrogens with zero attached hydrogens (tertiary/aromatic N) is 3. The Morgan fingerprint density at radius 3 is 2.39 bits per heavy atom. The first kappa shape index (κ1) is 28.3. The first-order valence-corrected chi connectivity index (χ1v) is 12.9. The number of rotatable bonds is 12. The molecule has 2 aromatic carbocycles. The average Bonchev–Trinajstić information content (AvgIpc) is 3.35. The summed E-state index contributed by atoms with van der Waals surface area (Å²) in [6.07, 6.45) is 2.19. The topological polar surface area (TPSA) is 94.9 Å². The predicted octanol–water partition coefficient (Wildman–Crippen LogP) is 5.24. The molecule has 0 saturated carbocycles. The number of thiophene rings is 1. The molecule has 0 aliphatic heterocycles. The zero-order valence-electron chi connectivity index (χ0n) is 21.9. The van der Waals surface area contributed by atoms with Gasteiger partial charge in [-0.3, -0.25) is 4.79 Å². The zero-order valence-corrected chi connectivity index (χ0v) is 22.7. The molecule has 0 bridgehead atoms. The van der Waals surface area contributed by atoms with Crippen molar-refractivity contribution in [2.45, 2.75) is 19.9 Å². The quantitative estimate of drug-likeness (QED) is 0.322. The maximum absolute atomic E-state index is 13.5. The largest absolute Gasteiger partial charge is 0.493 e. The lowest BCUT2D eigenvalue weighted by atomic mass is 10.1. The van der Waals surface area contributed by atoms with Gasteiger partial charge in [0.15, 0.2) is 11.5 Å². The molecule has 3 amide bonds. The van der Waals surface area contributed by atoms with E-state index in [1.807, 2.05) is 43.3 Å². The Morgan fingerprint density at radius 1 is 1.05 bits per heavy atom. The molecule has 0 atom stereocenters. The van der Waals surface area contributed by atoms with Crippen LogP contribution < -0.4 is 14.8 Å². The highest BCUT2D eigenvalue weighted by molar-refractivity contribution is 7.11. The van der Waals surface area contributed by atoms with Crippen LogP contribution in [0.3, 0.4) is 0 Å². The molecule has 0 spiro atoms. The van der Waals surface area contributed by atoms with E-state index in [9.17, 15) is 9.59 Å². The van der Waals surface area contributed by atoms with E-state index < -0.39 is 6.03 Å². The molecule has 38 heavy (non-hydrogen) atoms. The van der Waals surface area contributed by atoms with Gasteiger partial charge in [-0.05, 0) is 67.4 Å². The van der Waals surface area contributed by atoms with Crippen LogP contribution in [-0.4, -0.2) is 55.6 Å². The molecule has 3 aromatic rings. The molecule has 0 radical (unpaired) electrons. The van der Waals surface area contributed by atoms with Crippen molar-refractivity contribution in [3.63, 3.8) is 0 Å². The summed E-state index contributed by atoms with van der Waals surface area (Å²) in [4.78, 5) is 31.9. The summed E-state index contributed by atoms with van der Waals surface area (Å²) in [5.74, 6) is 1.10. The fraction of sp³-hybridized carbons (Fsp3) is 0.276. The van der Waals surface area contributed by atoms with E-state index in [0.717, 1.165) is 10.4 Å². The van der Waals surface area contributed by atoms with Gasteiger partial charge in [-0.25, -0.2) is 4.79 Å². The minimum absolute atomic E-state index is 0.107. The lowest BCUT2D eigenvalue weighted by Gasteiger charge is -2.27. The minimum Gasteiger partial charge on any atom is -0.493 e. The van der Waals surface area contributed by atoms with Gasteiger partial charge in [-0.2, -0.15) is 5.26 Å². The highest BCUT2D eigenvalue weighted by atomic mass is 32.1. The van der Waals surface area contributed by atoms with Gasteiger partial charge >= 0.3 is 6.03 Å². The second-order valence-corrected chi connectivity index (χ2v) is 9.93. The van der Waals surface area contributed by atoms with Crippen molar-refractivity contribution in [1.29, 1.82) is 5.26 Å². The lowest BCUT2D eigenvalue weighted by molar-refractivity contribution is -0.132. The monoisotopic (exact) mass is 532 g/mol. The van der Waals surface area contributed by atoms with E-state index in [1.54, 1.807) is 60.8 Å². The fourth-order valence-electron chi connectivity index (χ4n) is 3.82. The fourth-order valence-corrected chi connectivity index (χ4v) is 4.73. The zero-order chi connectivity index (χ0) is 27.5. The van der Waals surface area contributed by atoms with Gasteiger partial charge < -0.3 is 24.6 Å². The Bertz CT molecular complexity index is 1300. The standard InChI is InChI=1S/C29H32N4O4S/c1-5-15-33(29(35)31-24-10-7-23(18-30)8-11-24)20-28(34)32(19-25-12-6-21(2)38-25)16-14-22-9-13-26(36-3)27(17-22)37-4/h5-13,17H,1,14-16,19-20H2,2-4H3,(H,31,35). The van der Waals surface area contributed by atoms with Crippen molar-refractivity contribution in [2.75, 3.05) is 39.2 Å². The van der Waals surface area contributed by atoms with Gasteiger partial charge in [0, 0.05) is 28.5 Å². The summed E-state index contributed by atoms with van der Waals surface area (Å²) in [5, 5.41) is 11.8. The molecule has 8 nitrogen and oxygen atoms in total. The van der Waals surface area contributed by atoms with Crippen LogP contribution in [0.4, 0.5) is 10.5 Å². The van der Waals surface area contributed by atoms with Gasteiger partial charge in [0.05, 0.1) is 32.4 Å². The number of methoxy groups -OCH3 is 2. The highest BCUT2D eigenvalue weighted by Crippen LogP contribution is 2.28. The van der Waals surface area contributed by atoms with E-state index in [-0.39, 0.29) is 19.0 Å². The summed E-state index contributed by atoms with van der Waals surface area (Å²) >= 11 is 1.64. The lowest BCUT2D eigenvalue weighted by Crippen LogP contribution is -2.44. The van der Waals surface area contributed by atoms with Gasteiger partial charge in [-0.15, -0.1) is 17.9 Å². The molecule has 0 unspecified atom stereocenters. The number of ether oxygens (including phenoxy) is 2. The number of anilines is 1. The Balaban J connectivity index is 1.74. The number of hydrogen-bond acceptors (Lipinski definition) is 6. The molecule has 1 heterocycles. The highest BCUT2D eigenvalue weighted by Gasteiger charge is 2.22. The Morgan fingerprint density at radius 2 is 1.79 bits per heavy atom. The summed E-state index contributed by atoms with van der Waals surface area (Å²) < 4.78 is 10.7. The van der Waals surface area contributed by atoms with E-state index in [1.165, 1.54) is 9.78 Å². The Labute approximate surface area is 227 Å². The number of benzene rings is 2. The van der Waals surface area contributed by atoms with Crippen LogP contribution in [0, 0.1) is 18.3 Å². The molecule has 0 fully saturated rings. The third-order valence-electron chi connectivity index (χ3n) is 5.84. The van der Waals surface area contributed by atoms with Crippen molar-refractivity contribution >= 4 is 29.0 Å². The molecule has 1 N–H and O–H groups in total. The number of aryl methyl sites for hydroxylation is 1. The maximum atomic E-state index is 13.5.